The first-order valence-electron chi connectivity index (χ1n) is 10.3. The highest BCUT2D eigenvalue weighted by atomic mass is 15.3. The van der Waals surface area contributed by atoms with Crippen LogP contribution >= 0.6 is 0 Å². The van der Waals surface area contributed by atoms with Crippen molar-refractivity contribution < 1.29 is 0 Å². The summed E-state index contributed by atoms with van der Waals surface area (Å²) >= 11 is 0. The van der Waals surface area contributed by atoms with Gasteiger partial charge in [0.25, 0.3) is 0 Å². The minimum Gasteiger partial charge on any atom is -0.293 e. The van der Waals surface area contributed by atoms with Gasteiger partial charge in [-0.1, -0.05) is 72.8 Å². The van der Waals surface area contributed by atoms with Crippen LogP contribution in [0.2, 0.25) is 0 Å². The molecule has 0 bridgehead atoms. The molecule has 2 aromatic rings. The van der Waals surface area contributed by atoms with Gasteiger partial charge in [-0.25, -0.2) is 0 Å². The number of allylic oxidation sites excluding steroid dienone is 2. The van der Waals surface area contributed by atoms with Crippen LogP contribution in [0.4, 0.5) is 0 Å². The van der Waals surface area contributed by atoms with Crippen molar-refractivity contribution >= 4 is 0 Å². The molecular formula is C25H28N2. The quantitative estimate of drug-likeness (QED) is 0.780. The molecule has 1 saturated heterocycles. The summed E-state index contributed by atoms with van der Waals surface area (Å²) in [6, 6.07) is 21.1. The zero-order chi connectivity index (χ0) is 18.1. The van der Waals surface area contributed by atoms with E-state index in [0.717, 1.165) is 6.54 Å². The lowest BCUT2D eigenvalue weighted by atomic mass is 9.89. The zero-order valence-electron chi connectivity index (χ0n) is 15.9. The molecule has 5 rings (SSSR count). The van der Waals surface area contributed by atoms with Gasteiger partial charge in [0.05, 0.1) is 6.04 Å². The molecule has 1 aliphatic carbocycles. The third kappa shape index (κ3) is 3.40. The molecule has 138 valence electrons. The maximum Gasteiger partial charge on any atom is 0.0599 e. The van der Waals surface area contributed by atoms with Crippen LogP contribution in [-0.4, -0.2) is 35.5 Å². The normalized spacial score (nSPS) is 22.0. The largest absolute Gasteiger partial charge is 0.293 e. The van der Waals surface area contributed by atoms with Gasteiger partial charge in [0, 0.05) is 32.2 Å². The molecule has 0 radical (unpaired) electrons. The first kappa shape index (κ1) is 17.0. The van der Waals surface area contributed by atoms with Gasteiger partial charge in [0.15, 0.2) is 0 Å². The molecule has 1 unspecified atom stereocenters. The van der Waals surface area contributed by atoms with Crippen molar-refractivity contribution in [1.82, 2.24) is 9.80 Å². The number of rotatable bonds is 4. The first-order chi connectivity index (χ1) is 13.4. The number of fused-ring (bicyclic) bond motifs is 1. The predicted octanol–water partition coefficient (Wildman–Crippen LogP) is 4.75. The van der Waals surface area contributed by atoms with Crippen LogP contribution in [0.15, 0.2) is 78.4 Å². The maximum atomic E-state index is 2.70. The van der Waals surface area contributed by atoms with Gasteiger partial charge in [-0.2, -0.15) is 0 Å². The summed E-state index contributed by atoms with van der Waals surface area (Å²) < 4.78 is 0. The minimum atomic E-state index is 0.413. The Morgan fingerprint density at radius 2 is 1.63 bits per heavy atom. The Hall–Kier alpha value is -2.16. The fourth-order valence-electron chi connectivity index (χ4n) is 4.84. The van der Waals surface area contributed by atoms with E-state index in [0.29, 0.717) is 12.1 Å². The molecule has 2 nitrogen and oxygen atoms in total. The van der Waals surface area contributed by atoms with E-state index in [1.807, 2.05) is 0 Å². The Labute approximate surface area is 162 Å². The third-order valence-electron chi connectivity index (χ3n) is 6.39. The van der Waals surface area contributed by atoms with Crippen molar-refractivity contribution in [1.29, 1.82) is 0 Å². The van der Waals surface area contributed by atoms with E-state index in [4.69, 9.17) is 0 Å². The maximum absolute atomic E-state index is 2.70. The highest BCUT2D eigenvalue weighted by molar-refractivity contribution is 5.37. The van der Waals surface area contributed by atoms with Crippen LogP contribution in [0.3, 0.4) is 0 Å². The molecule has 0 spiro atoms. The average molecular weight is 357 g/mol. The van der Waals surface area contributed by atoms with E-state index in [1.54, 1.807) is 5.56 Å². The zero-order valence-corrected chi connectivity index (χ0v) is 15.9. The highest BCUT2D eigenvalue weighted by Gasteiger charge is 2.38. The van der Waals surface area contributed by atoms with Crippen molar-refractivity contribution in [2.24, 2.45) is 0 Å². The smallest absolute Gasteiger partial charge is 0.0599 e. The van der Waals surface area contributed by atoms with Crippen molar-refractivity contribution in [2.45, 2.75) is 37.9 Å². The Morgan fingerprint density at radius 1 is 0.852 bits per heavy atom. The summed E-state index contributed by atoms with van der Waals surface area (Å²) in [6.45, 7) is 4.67. The predicted molar refractivity (Wildman–Crippen MR) is 112 cm³/mol. The Bertz CT molecular complexity index is 846. The van der Waals surface area contributed by atoms with Crippen molar-refractivity contribution in [3.05, 3.63) is 95.1 Å². The summed E-state index contributed by atoms with van der Waals surface area (Å²) in [5, 5.41) is 0. The molecule has 0 saturated carbocycles. The van der Waals surface area contributed by atoms with E-state index < -0.39 is 0 Å². The molecule has 3 aliphatic rings. The van der Waals surface area contributed by atoms with Gasteiger partial charge >= 0.3 is 0 Å². The SMILES string of the molecule is C1=CC(C(c2ccccc2)N2CC(N3CCc4ccccc4C3)C2)=CCC1. The van der Waals surface area contributed by atoms with Crippen LogP contribution in [-0.2, 0) is 13.0 Å². The molecule has 1 fully saturated rings. The summed E-state index contributed by atoms with van der Waals surface area (Å²) in [5.74, 6) is 0. The van der Waals surface area contributed by atoms with Gasteiger partial charge in [-0.05, 0) is 41.5 Å². The molecule has 0 aromatic heterocycles. The highest BCUT2D eigenvalue weighted by Crippen LogP contribution is 2.36. The lowest BCUT2D eigenvalue weighted by Gasteiger charge is -2.50. The fourth-order valence-corrected chi connectivity index (χ4v) is 4.84. The Morgan fingerprint density at radius 3 is 2.41 bits per heavy atom. The molecule has 0 amide bonds. The number of nitrogens with zero attached hydrogens (tertiary/aromatic N) is 2. The van der Waals surface area contributed by atoms with Crippen LogP contribution in [0.1, 0.15) is 35.6 Å². The standard InChI is InChI=1S/C25H28N2/c1-3-10-21(11-4-1)25(22-12-5-2-6-13-22)27-18-24(19-27)26-16-15-20-9-7-8-14-23(20)17-26/h1,3-5,7-14,24-25H,2,6,15-19H2. The monoisotopic (exact) mass is 356 g/mol. The lowest BCUT2D eigenvalue weighted by Crippen LogP contribution is -2.60. The van der Waals surface area contributed by atoms with Crippen LogP contribution < -0.4 is 0 Å². The molecule has 2 heteroatoms. The Balaban J connectivity index is 1.30. The minimum absolute atomic E-state index is 0.413. The van der Waals surface area contributed by atoms with Gasteiger partial charge in [-0.15, -0.1) is 0 Å². The average Bonchev–Trinajstić information content (AvgIpc) is 2.71. The van der Waals surface area contributed by atoms with E-state index in [2.05, 4.69) is 82.6 Å². The van der Waals surface area contributed by atoms with E-state index in [1.165, 1.54) is 55.6 Å². The second-order valence-corrected chi connectivity index (χ2v) is 8.09. The summed E-state index contributed by atoms with van der Waals surface area (Å²) in [7, 11) is 0. The summed E-state index contributed by atoms with van der Waals surface area (Å²) in [4.78, 5) is 5.37. The third-order valence-corrected chi connectivity index (χ3v) is 6.39. The van der Waals surface area contributed by atoms with Crippen molar-refractivity contribution in [3.8, 4) is 0 Å². The molecule has 2 heterocycles. The molecule has 2 aliphatic heterocycles. The fraction of sp³-hybridized carbons (Fsp3) is 0.360. The van der Waals surface area contributed by atoms with E-state index >= 15 is 0 Å². The number of hydrogen-bond acceptors (Lipinski definition) is 2. The molecule has 2 aromatic carbocycles. The van der Waals surface area contributed by atoms with Crippen molar-refractivity contribution in [2.75, 3.05) is 19.6 Å². The molecule has 1 atom stereocenters. The second-order valence-electron chi connectivity index (χ2n) is 8.09. The second kappa shape index (κ2) is 7.46. The van der Waals surface area contributed by atoms with Crippen LogP contribution in [0.5, 0.6) is 0 Å². The molecule has 27 heavy (non-hydrogen) atoms. The van der Waals surface area contributed by atoms with Crippen molar-refractivity contribution in [3.63, 3.8) is 0 Å². The Kier molecular flexibility index (Phi) is 4.69. The topological polar surface area (TPSA) is 6.48 Å². The molecule has 0 N–H and O–H groups in total. The summed E-state index contributed by atoms with van der Waals surface area (Å²) in [6.07, 6.45) is 10.7. The van der Waals surface area contributed by atoms with Gasteiger partial charge in [0.2, 0.25) is 0 Å². The number of likely N-dealkylation sites (tertiary alicyclic amines) is 1. The van der Waals surface area contributed by atoms with Crippen LogP contribution in [0, 0.1) is 0 Å². The number of benzene rings is 2. The summed E-state index contributed by atoms with van der Waals surface area (Å²) in [5.41, 5.74) is 5.98. The van der Waals surface area contributed by atoms with Gasteiger partial charge < -0.3 is 0 Å². The lowest BCUT2D eigenvalue weighted by molar-refractivity contribution is 0.00699. The first-order valence-corrected chi connectivity index (χ1v) is 10.3. The van der Waals surface area contributed by atoms with Gasteiger partial charge in [-0.3, -0.25) is 9.80 Å². The van der Waals surface area contributed by atoms with E-state index in [9.17, 15) is 0 Å². The van der Waals surface area contributed by atoms with Gasteiger partial charge in [0.1, 0.15) is 0 Å². The van der Waals surface area contributed by atoms with Crippen LogP contribution in [0.25, 0.3) is 0 Å². The number of hydrogen-bond donors (Lipinski definition) is 0. The van der Waals surface area contributed by atoms with E-state index in [-0.39, 0.29) is 0 Å². The molecular weight excluding hydrogens is 328 g/mol.